The van der Waals surface area contributed by atoms with E-state index in [1.165, 1.54) is 5.56 Å². The molecule has 5 heteroatoms. The number of aryl methyl sites for hydroxylation is 1. The van der Waals surface area contributed by atoms with E-state index in [1.807, 2.05) is 45.2 Å². The first-order valence-electron chi connectivity index (χ1n) is 6.93. The molecule has 2 aromatic rings. The number of rotatable bonds is 5. The van der Waals surface area contributed by atoms with E-state index >= 15 is 0 Å². The Bertz CT molecular complexity index is 610. The molecule has 2 rings (SSSR count). The second-order valence-electron chi connectivity index (χ2n) is 5.12. The molecule has 0 aliphatic carbocycles. The van der Waals surface area contributed by atoms with Gasteiger partial charge in [-0.25, -0.2) is 0 Å². The minimum absolute atomic E-state index is 0.463. The SMILES string of the molecule is COc1ccc(CN(C)c2nnc(C)c(C)c2CN)cc1. The summed E-state index contributed by atoms with van der Waals surface area (Å²) in [5.41, 5.74) is 10.2. The van der Waals surface area contributed by atoms with E-state index in [4.69, 9.17) is 10.5 Å². The van der Waals surface area contributed by atoms with Crippen LogP contribution in [0.5, 0.6) is 5.75 Å². The topological polar surface area (TPSA) is 64.3 Å². The van der Waals surface area contributed by atoms with Gasteiger partial charge in [-0.05, 0) is 37.1 Å². The number of benzene rings is 1. The third kappa shape index (κ3) is 3.31. The molecule has 1 aromatic heterocycles. The predicted octanol–water partition coefficient (Wildman–Crippen LogP) is 2.20. The second-order valence-corrected chi connectivity index (χ2v) is 5.12. The number of nitrogens with two attached hydrogens (primary N) is 1. The first-order chi connectivity index (χ1) is 10.1. The predicted molar refractivity (Wildman–Crippen MR) is 84.5 cm³/mol. The zero-order valence-corrected chi connectivity index (χ0v) is 13.1. The van der Waals surface area contributed by atoms with Crippen LogP contribution in [0.25, 0.3) is 0 Å². The van der Waals surface area contributed by atoms with E-state index in [2.05, 4.69) is 15.1 Å². The summed E-state index contributed by atoms with van der Waals surface area (Å²) in [5, 5.41) is 8.52. The molecule has 0 saturated carbocycles. The van der Waals surface area contributed by atoms with Crippen molar-refractivity contribution in [3.63, 3.8) is 0 Å². The van der Waals surface area contributed by atoms with Crippen molar-refractivity contribution in [3.8, 4) is 5.75 Å². The van der Waals surface area contributed by atoms with Gasteiger partial charge < -0.3 is 15.4 Å². The molecule has 0 saturated heterocycles. The summed E-state index contributed by atoms with van der Waals surface area (Å²) in [6.07, 6.45) is 0. The van der Waals surface area contributed by atoms with E-state index in [1.54, 1.807) is 7.11 Å². The van der Waals surface area contributed by atoms with Gasteiger partial charge in [0.25, 0.3) is 0 Å². The number of hydrogen-bond acceptors (Lipinski definition) is 5. The number of ether oxygens (including phenoxy) is 1. The molecule has 5 nitrogen and oxygen atoms in total. The molecule has 0 amide bonds. The lowest BCUT2D eigenvalue weighted by molar-refractivity contribution is 0.414. The Labute approximate surface area is 125 Å². The van der Waals surface area contributed by atoms with Crippen LogP contribution in [0.4, 0.5) is 5.82 Å². The van der Waals surface area contributed by atoms with E-state index in [-0.39, 0.29) is 0 Å². The molecule has 0 radical (unpaired) electrons. The first kappa shape index (κ1) is 15.3. The molecule has 112 valence electrons. The average Bonchev–Trinajstić information content (AvgIpc) is 2.50. The summed E-state index contributed by atoms with van der Waals surface area (Å²) in [4.78, 5) is 2.07. The molecule has 0 aliphatic rings. The van der Waals surface area contributed by atoms with Crippen molar-refractivity contribution in [2.75, 3.05) is 19.1 Å². The highest BCUT2D eigenvalue weighted by Crippen LogP contribution is 2.22. The number of nitrogens with zero attached hydrogens (tertiary/aromatic N) is 3. The van der Waals surface area contributed by atoms with Crippen molar-refractivity contribution < 1.29 is 4.74 Å². The minimum atomic E-state index is 0.463. The Kier molecular flexibility index (Phi) is 4.75. The van der Waals surface area contributed by atoms with Gasteiger partial charge in [-0.2, -0.15) is 5.10 Å². The number of anilines is 1. The Morgan fingerprint density at radius 3 is 2.38 bits per heavy atom. The summed E-state index contributed by atoms with van der Waals surface area (Å²) < 4.78 is 5.17. The molecule has 0 fully saturated rings. The second kappa shape index (κ2) is 6.54. The van der Waals surface area contributed by atoms with Gasteiger partial charge in [0.1, 0.15) is 5.75 Å². The number of methoxy groups -OCH3 is 1. The zero-order valence-electron chi connectivity index (χ0n) is 13.1. The summed E-state index contributed by atoms with van der Waals surface area (Å²) in [6, 6.07) is 8.01. The maximum atomic E-state index is 5.88. The quantitative estimate of drug-likeness (QED) is 0.913. The Hall–Kier alpha value is -2.14. The van der Waals surface area contributed by atoms with Gasteiger partial charge in [0.05, 0.1) is 12.8 Å². The van der Waals surface area contributed by atoms with Gasteiger partial charge in [0.15, 0.2) is 5.82 Å². The van der Waals surface area contributed by atoms with Crippen molar-refractivity contribution in [2.24, 2.45) is 5.73 Å². The van der Waals surface area contributed by atoms with Crippen molar-refractivity contribution >= 4 is 5.82 Å². The monoisotopic (exact) mass is 286 g/mol. The standard InChI is InChI=1S/C16H22N4O/c1-11-12(2)18-19-16(15(11)9-17)20(3)10-13-5-7-14(21-4)8-6-13/h5-8H,9-10,17H2,1-4H3. The molecule has 0 aliphatic heterocycles. The highest BCUT2D eigenvalue weighted by molar-refractivity contribution is 5.50. The minimum Gasteiger partial charge on any atom is -0.497 e. The van der Waals surface area contributed by atoms with Gasteiger partial charge in [-0.15, -0.1) is 5.10 Å². The van der Waals surface area contributed by atoms with Crippen LogP contribution in [0, 0.1) is 13.8 Å². The summed E-state index contributed by atoms with van der Waals surface area (Å²) >= 11 is 0. The molecule has 2 N–H and O–H groups in total. The van der Waals surface area contributed by atoms with E-state index in [0.717, 1.165) is 34.9 Å². The highest BCUT2D eigenvalue weighted by atomic mass is 16.5. The first-order valence-corrected chi connectivity index (χ1v) is 6.93. The molecule has 0 atom stereocenters. The van der Waals surface area contributed by atoms with Crippen LogP contribution in [0.2, 0.25) is 0 Å². The molecular formula is C16H22N4O. The summed E-state index contributed by atoms with van der Waals surface area (Å²) in [7, 11) is 3.67. The van der Waals surface area contributed by atoms with Crippen molar-refractivity contribution in [3.05, 3.63) is 46.6 Å². The Morgan fingerprint density at radius 2 is 1.81 bits per heavy atom. The zero-order chi connectivity index (χ0) is 15.4. The lowest BCUT2D eigenvalue weighted by Gasteiger charge is -2.22. The van der Waals surface area contributed by atoms with Gasteiger partial charge in [-0.3, -0.25) is 0 Å². The van der Waals surface area contributed by atoms with Crippen molar-refractivity contribution in [1.82, 2.24) is 10.2 Å². The summed E-state index contributed by atoms with van der Waals surface area (Å²) in [6.45, 7) is 5.20. The molecule has 0 bridgehead atoms. The lowest BCUT2D eigenvalue weighted by atomic mass is 10.1. The number of hydrogen-bond donors (Lipinski definition) is 1. The van der Waals surface area contributed by atoms with E-state index in [0.29, 0.717) is 6.54 Å². The van der Waals surface area contributed by atoms with Crippen LogP contribution < -0.4 is 15.4 Å². The fraction of sp³-hybridized carbons (Fsp3) is 0.375. The van der Waals surface area contributed by atoms with Crippen LogP contribution in [-0.4, -0.2) is 24.4 Å². The molecule has 21 heavy (non-hydrogen) atoms. The fourth-order valence-corrected chi connectivity index (χ4v) is 2.27. The average molecular weight is 286 g/mol. The van der Waals surface area contributed by atoms with Crippen LogP contribution in [-0.2, 0) is 13.1 Å². The van der Waals surface area contributed by atoms with Crippen molar-refractivity contribution in [2.45, 2.75) is 26.9 Å². The summed E-state index contributed by atoms with van der Waals surface area (Å²) in [5.74, 6) is 1.70. The van der Waals surface area contributed by atoms with Crippen LogP contribution in [0.15, 0.2) is 24.3 Å². The molecule has 0 spiro atoms. The molecule has 1 heterocycles. The highest BCUT2D eigenvalue weighted by Gasteiger charge is 2.13. The Morgan fingerprint density at radius 1 is 1.14 bits per heavy atom. The molecule has 1 aromatic carbocycles. The van der Waals surface area contributed by atoms with Crippen LogP contribution >= 0.6 is 0 Å². The van der Waals surface area contributed by atoms with Gasteiger partial charge in [0.2, 0.25) is 0 Å². The van der Waals surface area contributed by atoms with Gasteiger partial charge in [-0.1, -0.05) is 12.1 Å². The number of aromatic nitrogens is 2. The maximum Gasteiger partial charge on any atom is 0.156 e. The molecule has 0 unspecified atom stereocenters. The fourth-order valence-electron chi connectivity index (χ4n) is 2.27. The van der Waals surface area contributed by atoms with Crippen LogP contribution in [0.1, 0.15) is 22.4 Å². The van der Waals surface area contributed by atoms with Crippen LogP contribution in [0.3, 0.4) is 0 Å². The van der Waals surface area contributed by atoms with Gasteiger partial charge >= 0.3 is 0 Å². The largest absolute Gasteiger partial charge is 0.497 e. The third-order valence-corrected chi connectivity index (χ3v) is 3.70. The van der Waals surface area contributed by atoms with Crippen molar-refractivity contribution in [1.29, 1.82) is 0 Å². The lowest BCUT2D eigenvalue weighted by Crippen LogP contribution is -2.22. The third-order valence-electron chi connectivity index (χ3n) is 3.70. The van der Waals surface area contributed by atoms with E-state index < -0.39 is 0 Å². The van der Waals surface area contributed by atoms with E-state index in [9.17, 15) is 0 Å². The maximum absolute atomic E-state index is 5.88. The normalized spacial score (nSPS) is 10.5. The van der Waals surface area contributed by atoms with Gasteiger partial charge in [0, 0.05) is 25.7 Å². The Balaban J connectivity index is 2.23. The smallest absolute Gasteiger partial charge is 0.156 e. The molecular weight excluding hydrogens is 264 g/mol.